The summed E-state index contributed by atoms with van der Waals surface area (Å²) in [4.78, 5) is 29.3. The normalized spacial score (nSPS) is 11.0. The summed E-state index contributed by atoms with van der Waals surface area (Å²) in [5.41, 5.74) is 0.739. The molecule has 0 aliphatic rings. The Bertz CT molecular complexity index is 857. The lowest BCUT2D eigenvalue weighted by Gasteiger charge is -2.06. The second kappa shape index (κ2) is 4.24. The van der Waals surface area contributed by atoms with E-state index in [1.54, 1.807) is 12.4 Å². The zero-order chi connectivity index (χ0) is 13.4. The van der Waals surface area contributed by atoms with Gasteiger partial charge in [0.15, 0.2) is 0 Å². The molecule has 3 aromatic rings. The molecule has 0 aliphatic heterocycles. The number of aromatic nitrogens is 4. The van der Waals surface area contributed by atoms with Crippen molar-refractivity contribution < 1.29 is 0 Å². The first kappa shape index (κ1) is 11.5. The van der Waals surface area contributed by atoms with E-state index in [9.17, 15) is 9.59 Å². The minimum atomic E-state index is -0.467. The van der Waals surface area contributed by atoms with E-state index in [-0.39, 0.29) is 0 Å². The van der Waals surface area contributed by atoms with Gasteiger partial charge in [0, 0.05) is 30.4 Å². The van der Waals surface area contributed by atoms with E-state index in [1.807, 2.05) is 23.8 Å². The summed E-state index contributed by atoms with van der Waals surface area (Å²) >= 11 is 0. The summed E-state index contributed by atoms with van der Waals surface area (Å²) in [6.07, 6.45) is 6.79. The lowest BCUT2D eigenvalue weighted by Crippen LogP contribution is -2.27. The largest absolute Gasteiger partial charge is 0.346 e. The highest BCUT2D eigenvalue weighted by molar-refractivity contribution is 5.87. The fraction of sp³-hybridized carbons (Fsp3) is 0.154. The van der Waals surface area contributed by atoms with Gasteiger partial charge in [-0.1, -0.05) is 0 Å². The standard InChI is InChI=1S/C13H12N4O2/c1-2-16-5-3-9-10(16)7-14-8-11(9)17-6-4-12(18)15-13(17)19/h3-8H,2H2,1H3,(H,15,18,19). The van der Waals surface area contributed by atoms with Gasteiger partial charge in [-0.15, -0.1) is 0 Å². The molecule has 19 heavy (non-hydrogen) atoms. The first-order valence-corrected chi connectivity index (χ1v) is 5.96. The van der Waals surface area contributed by atoms with Crippen LogP contribution < -0.4 is 11.2 Å². The Labute approximate surface area is 108 Å². The highest BCUT2D eigenvalue weighted by Crippen LogP contribution is 2.20. The third-order valence-electron chi connectivity index (χ3n) is 3.10. The second-order valence-electron chi connectivity index (χ2n) is 4.17. The summed E-state index contributed by atoms with van der Waals surface area (Å²) in [6, 6.07) is 3.25. The van der Waals surface area contributed by atoms with E-state index >= 15 is 0 Å². The van der Waals surface area contributed by atoms with Gasteiger partial charge in [-0.05, 0) is 13.0 Å². The van der Waals surface area contributed by atoms with E-state index in [1.165, 1.54) is 16.8 Å². The Hall–Kier alpha value is -2.63. The molecule has 0 saturated heterocycles. The maximum Gasteiger partial charge on any atom is 0.332 e. The van der Waals surface area contributed by atoms with Crippen LogP contribution in [-0.2, 0) is 6.54 Å². The van der Waals surface area contributed by atoms with Crippen LogP contribution in [0.15, 0.2) is 46.5 Å². The average Bonchev–Trinajstić information content (AvgIpc) is 2.82. The maximum atomic E-state index is 11.8. The topological polar surface area (TPSA) is 72.7 Å². The van der Waals surface area contributed by atoms with Crippen LogP contribution in [0, 0.1) is 0 Å². The Kier molecular flexibility index (Phi) is 2.56. The van der Waals surface area contributed by atoms with E-state index in [0.717, 1.165) is 17.4 Å². The van der Waals surface area contributed by atoms with Crippen molar-refractivity contribution >= 4 is 10.9 Å². The summed E-state index contributed by atoms with van der Waals surface area (Å²) in [5.74, 6) is 0. The van der Waals surface area contributed by atoms with Crippen LogP contribution in [0.5, 0.6) is 0 Å². The average molecular weight is 256 g/mol. The number of fused-ring (bicyclic) bond motifs is 1. The molecule has 0 amide bonds. The SMILES string of the molecule is CCn1ccc2c(-n3ccc(=O)[nH]c3=O)cncc21. The molecule has 0 aromatic carbocycles. The summed E-state index contributed by atoms with van der Waals surface area (Å²) < 4.78 is 3.43. The zero-order valence-electron chi connectivity index (χ0n) is 10.3. The van der Waals surface area contributed by atoms with Crippen LogP contribution in [0.1, 0.15) is 6.92 Å². The Morgan fingerprint density at radius 3 is 2.79 bits per heavy atom. The van der Waals surface area contributed by atoms with Crippen molar-refractivity contribution in [3.05, 3.63) is 57.8 Å². The molecule has 0 fully saturated rings. The van der Waals surface area contributed by atoms with Crippen LogP contribution in [0.25, 0.3) is 16.6 Å². The number of rotatable bonds is 2. The Morgan fingerprint density at radius 2 is 2.05 bits per heavy atom. The van der Waals surface area contributed by atoms with Gasteiger partial charge in [-0.2, -0.15) is 0 Å². The van der Waals surface area contributed by atoms with Crippen LogP contribution in [0.4, 0.5) is 0 Å². The molecule has 0 radical (unpaired) electrons. The molecule has 0 spiro atoms. The molecule has 0 atom stereocenters. The molecule has 0 bridgehead atoms. The molecule has 3 heterocycles. The number of aryl methyl sites for hydroxylation is 1. The monoisotopic (exact) mass is 256 g/mol. The third kappa shape index (κ3) is 1.77. The molecule has 6 heteroatoms. The minimum Gasteiger partial charge on any atom is -0.346 e. The van der Waals surface area contributed by atoms with Gasteiger partial charge in [-0.3, -0.25) is 19.3 Å². The van der Waals surface area contributed by atoms with Crippen LogP contribution in [0.2, 0.25) is 0 Å². The zero-order valence-corrected chi connectivity index (χ0v) is 10.3. The van der Waals surface area contributed by atoms with Gasteiger partial charge in [0.25, 0.3) is 5.56 Å². The molecule has 1 N–H and O–H groups in total. The van der Waals surface area contributed by atoms with E-state index in [4.69, 9.17) is 0 Å². The number of H-pyrrole nitrogens is 1. The second-order valence-corrected chi connectivity index (χ2v) is 4.17. The molecule has 6 nitrogen and oxygen atoms in total. The van der Waals surface area contributed by atoms with Crippen molar-refractivity contribution in [2.45, 2.75) is 13.5 Å². The number of nitrogens with zero attached hydrogens (tertiary/aromatic N) is 3. The lowest BCUT2D eigenvalue weighted by molar-refractivity contribution is 0.795. The van der Waals surface area contributed by atoms with Crippen molar-refractivity contribution in [2.75, 3.05) is 0 Å². The highest BCUT2D eigenvalue weighted by atomic mass is 16.2. The van der Waals surface area contributed by atoms with Gasteiger partial charge in [0.1, 0.15) is 0 Å². The summed E-state index contributed by atoms with van der Waals surface area (Å²) in [6.45, 7) is 2.87. The molecule has 0 aliphatic carbocycles. The number of hydrogen-bond donors (Lipinski definition) is 1. The quantitative estimate of drug-likeness (QED) is 0.740. The van der Waals surface area contributed by atoms with E-state index in [2.05, 4.69) is 9.97 Å². The van der Waals surface area contributed by atoms with Crippen LogP contribution in [0.3, 0.4) is 0 Å². The molecular formula is C13H12N4O2. The molecule has 0 saturated carbocycles. The fourth-order valence-corrected chi connectivity index (χ4v) is 2.17. The predicted octanol–water partition coefficient (Wildman–Crippen LogP) is 0.895. The first-order valence-electron chi connectivity index (χ1n) is 5.96. The van der Waals surface area contributed by atoms with E-state index in [0.29, 0.717) is 5.69 Å². The van der Waals surface area contributed by atoms with Crippen molar-refractivity contribution in [2.24, 2.45) is 0 Å². The van der Waals surface area contributed by atoms with Gasteiger partial charge in [0.05, 0.1) is 23.6 Å². The van der Waals surface area contributed by atoms with Crippen molar-refractivity contribution in [3.8, 4) is 5.69 Å². The van der Waals surface area contributed by atoms with Gasteiger partial charge in [-0.25, -0.2) is 4.79 Å². The highest BCUT2D eigenvalue weighted by Gasteiger charge is 2.08. The number of aromatic amines is 1. The first-order chi connectivity index (χ1) is 9.20. The van der Waals surface area contributed by atoms with Gasteiger partial charge in [0.2, 0.25) is 0 Å². The van der Waals surface area contributed by atoms with Crippen LogP contribution >= 0.6 is 0 Å². The van der Waals surface area contributed by atoms with E-state index < -0.39 is 11.2 Å². The third-order valence-corrected chi connectivity index (χ3v) is 3.10. The Balaban J connectivity index is 2.34. The predicted molar refractivity (Wildman–Crippen MR) is 71.6 cm³/mol. The minimum absolute atomic E-state index is 0.410. The molecular weight excluding hydrogens is 244 g/mol. The number of pyridine rings is 1. The fourth-order valence-electron chi connectivity index (χ4n) is 2.17. The van der Waals surface area contributed by atoms with Crippen molar-refractivity contribution in [1.82, 2.24) is 19.1 Å². The van der Waals surface area contributed by atoms with Gasteiger partial charge >= 0.3 is 5.69 Å². The molecule has 3 aromatic heterocycles. The van der Waals surface area contributed by atoms with Crippen molar-refractivity contribution in [3.63, 3.8) is 0 Å². The maximum absolute atomic E-state index is 11.8. The smallest absolute Gasteiger partial charge is 0.332 e. The van der Waals surface area contributed by atoms with Crippen molar-refractivity contribution in [1.29, 1.82) is 0 Å². The molecule has 3 rings (SSSR count). The summed E-state index contributed by atoms with van der Waals surface area (Å²) in [7, 11) is 0. The lowest BCUT2D eigenvalue weighted by atomic mass is 10.2. The number of nitrogens with one attached hydrogen (secondary N) is 1. The molecule has 0 unspecified atom stereocenters. The van der Waals surface area contributed by atoms with Crippen LogP contribution in [-0.4, -0.2) is 19.1 Å². The number of hydrogen-bond acceptors (Lipinski definition) is 3. The summed E-state index contributed by atoms with van der Waals surface area (Å²) in [5, 5.41) is 0.922. The molecule has 96 valence electrons. The van der Waals surface area contributed by atoms with Gasteiger partial charge < -0.3 is 4.57 Å². The Morgan fingerprint density at radius 1 is 1.21 bits per heavy atom.